The lowest BCUT2D eigenvalue weighted by molar-refractivity contribution is 0.198. The van der Waals surface area contributed by atoms with Gasteiger partial charge in [-0.1, -0.05) is 11.6 Å². The number of hydrogen-bond donors (Lipinski definition) is 1. The van der Waals surface area contributed by atoms with Crippen LogP contribution in [0.2, 0.25) is 5.02 Å². The van der Waals surface area contributed by atoms with Gasteiger partial charge in [0.1, 0.15) is 18.4 Å². The number of aromatic nitrogens is 3. The minimum Gasteiger partial charge on any atom is -0.494 e. The molecule has 0 radical (unpaired) electrons. The number of carbonyl (C=O) groups excluding carboxylic acids is 1. The van der Waals surface area contributed by atoms with Crippen LogP contribution < -0.4 is 10.1 Å². The molecular weight excluding hydrogens is 330 g/mol. The van der Waals surface area contributed by atoms with Crippen molar-refractivity contribution in [2.75, 3.05) is 20.2 Å². The molecule has 2 aromatic rings. The number of hydrogen-bond acceptors (Lipinski definition) is 4. The van der Waals surface area contributed by atoms with Crippen molar-refractivity contribution >= 4 is 17.6 Å². The second kappa shape index (κ2) is 9.12. The maximum atomic E-state index is 12.1. The van der Waals surface area contributed by atoms with E-state index in [9.17, 15) is 4.79 Å². The van der Waals surface area contributed by atoms with E-state index in [0.29, 0.717) is 24.7 Å². The largest absolute Gasteiger partial charge is 0.494 e. The Morgan fingerprint density at radius 3 is 2.83 bits per heavy atom. The van der Waals surface area contributed by atoms with Crippen LogP contribution in [0.25, 0.3) is 0 Å². The predicted octanol–water partition coefficient (Wildman–Crippen LogP) is 2.43. The van der Waals surface area contributed by atoms with Gasteiger partial charge in [-0.25, -0.2) is 9.78 Å². The number of rotatable bonds is 8. The molecule has 1 aromatic heterocycles. The average Bonchev–Trinajstić information content (AvgIpc) is 3.05. The van der Waals surface area contributed by atoms with Gasteiger partial charge in [0.05, 0.1) is 13.2 Å². The monoisotopic (exact) mass is 351 g/mol. The third-order valence-corrected chi connectivity index (χ3v) is 3.62. The zero-order valence-corrected chi connectivity index (χ0v) is 14.6. The van der Waals surface area contributed by atoms with E-state index in [0.717, 1.165) is 12.2 Å². The molecule has 1 aromatic carbocycles. The standard InChI is InChI=1S/C16H22ClN5O2/c1-13(10-22-12-18-11-19-22)20-16(23)21(2)8-3-9-24-15-6-4-14(17)5-7-15/h4-7,11-13H,3,8-10H2,1-2H3,(H,20,23). The molecule has 1 unspecified atom stereocenters. The molecule has 0 aliphatic rings. The van der Waals surface area contributed by atoms with Gasteiger partial charge >= 0.3 is 6.03 Å². The smallest absolute Gasteiger partial charge is 0.317 e. The molecule has 0 aliphatic carbocycles. The Kier molecular flexibility index (Phi) is 6.87. The number of amides is 2. The number of ether oxygens (including phenoxy) is 1. The first-order valence-corrected chi connectivity index (χ1v) is 8.15. The SMILES string of the molecule is CC(Cn1cncn1)NC(=O)N(C)CCCOc1ccc(Cl)cc1. The summed E-state index contributed by atoms with van der Waals surface area (Å²) in [5.41, 5.74) is 0. The topological polar surface area (TPSA) is 72.3 Å². The highest BCUT2D eigenvalue weighted by molar-refractivity contribution is 6.30. The molecule has 2 amide bonds. The second-order valence-electron chi connectivity index (χ2n) is 5.55. The molecule has 7 nitrogen and oxygen atoms in total. The van der Waals surface area contributed by atoms with Gasteiger partial charge < -0.3 is 15.0 Å². The van der Waals surface area contributed by atoms with Crippen LogP contribution in [0.3, 0.4) is 0 Å². The maximum Gasteiger partial charge on any atom is 0.317 e. The van der Waals surface area contributed by atoms with Gasteiger partial charge in [0.2, 0.25) is 0 Å². The van der Waals surface area contributed by atoms with E-state index in [-0.39, 0.29) is 12.1 Å². The highest BCUT2D eigenvalue weighted by Gasteiger charge is 2.12. The van der Waals surface area contributed by atoms with Crippen molar-refractivity contribution in [1.29, 1.82) is 0 Å². The molecule has 24 heavy (non-hydrogen) atoms. The fraction of sp³-hybridized carbons (Fsp3) is 0.438. The van der Waals surface area contributed by atoms with Gasteiger partial charge in [-0.05, 0) is 37.6 Å². The zero-order chi connectivity index (χ0) is 17.4. The summed E-state index contributed by atoms with van der Waals surface area (Å²) in [5, 5.41) is 7.62. The molecule has 130 valence electrons. The fourth-order valence-electron chi connectivity index (χ4n) is 2.10. The first-order valence-electron chi connectivity index (χ1n) is 7.77. The number of carbonyl (C=O) groups is 1. The van der Waals surface area contributed by atoms with Crippen LogP contribution >= 0.6 is 11.6 Å². The molecule has 0 aliphatic heterocycles. The molecule has 0 fully saturated rings. The van der Waals surface area contributed by atoms with E-state index in [1.54, 1.807) is 35.1 Å². The Morgan fingerprint density at radius 2 is 2.17 bits per heavy atom. The summed E-state index contributed by atoms with van der Waals surface area (Å²) in [6.45, 7) is 3.65. The lowest BCUT2D eigenvalue weighted by Crippen LogP contribution is -2.44. The van der Waals surface area contributed by atoms with Crippen LogP contribution in [0.15, 0.2) is 36.9 Å². The van der Waals surface area contributed by atoms with Crippen molar-refractivity contribution < 1.29 is 9.53 Å². The van der Waals surface area contributed by atoms with Gasteiger partial charge in [0, 0.05) is 24.7 Å². The molecular formula is C16H22ClN5O2. The summed E-state index contributed by atoms with van der Waals surface area (Å²) in [6.07, 6.45) is 3.84. The van der Waals surface area contributed by atoms with Crippen LogP contribution in [0.1, 0.15) is 13.3 Å². The molecule has 0 saturated heterocycles. The zero-order valence-electron chi connectivity index (χ0n) is 13.9. The van der Waals surface area contributed by atoms with Crippen molar-refractivity contribution in [1.82, 2.24) is 25.0 Å². The summed E-state index contributed by atoms with van der Waals surface area (Å²) in [5.74, 6) is 0.771. The van der Waals surface area contributed by atoms with Gasteiger partial charge in [-0.15, -0.1) is 0 Å². The van der Waals surface area contributed by atoms with Crippen molar-refractivity contribution in [2.24, 2.45) is 0 Å². The Bertz CT molecular complexity index is 618. The minimum absolute atomic E-state index is 0.0352. The van der Waals surface area contributed by atoms with E-state index in [2.05, 4.69) is 15.4 Å². The highest BCUT2D eigenvalue weighted by atomic mass is 35.5. The van der Waals surface area contributed by atoms with Crippen LogP contribution in [-0.4, -0.2) is 51.9 Å². The summed E-state index contributed by atoms with van der Waals surface area (Å²) in [4.78, 5) is 17.6. The van der Waals surface area contributed by atoms with Crippen LogP contribution in [-0.2, 0) is 6.54 Å². The molecule has 1 atom stereocenters. The Morgan fingerprint density at radius 1 is 1.42 bits per heavy atom. The lowest BCUT2D eigenvalue weighted by atomic mass is 10.3. The molecule has 1 heterocycles. The first kappa shape index (κ1) is 18.1. The summed E-state index contributed by atoms with van der Waals surface area (Å²) in [7, 11) is 1.76. The quantitative estimate of drug-likeness (QED) is 0.741. The molecule has 0 spiro atoms. The number of nitrogens with zero attached hydrogens (tertiary/aromatic N) is 4. The second-order valence-corrected chi connectivity index (χ2v) is 5.98. The van der Waals surface area contributed by atoms with Gasteiger partial charge in [-0.2, -0.15) is 5.10 Å². The molecule has 0 bridgehead atoms. The third kappa shape index (κ3) is 6.08. The number of nitrogens with one attached hydrogen (secondary N) is 1. The molecule has 2 rings (SSSR count). The van der Waals surface area contributed by atoms with Crippen LogP contribution in [0.5, 0.6) is 5.75 Å². The number of halogens is 1. The van der Waals surface area contributed by atoms with Crippen LogP contribution in [0, 0.1) is 0 Å². The fourth-order valence-corrected chi connectivity index (χ4v) is 2.22. The van der Waals surface area contributed by atoms with Crippen molar-refractivity contribution in [3.63, 3.8) is 0 Å². The Labute approximate surface area is 146 Å². The van der Waals surface area contributed by atoms with Crippen molar-refractivity contribution in [3.8, 4) is 5.75 Å². The number of benzene rings is 1. The molecule has 8 heteroatoms. The van der Waals surface area contributed by atoms with E-state index < -0.39 is 0 Å². The number of urea groups is 1. The summed E-state index contributed by atoms with van der Waals surface area (Å²) < 4.78 is 7.29. The van der Waals surface area contributed by atoms with E-state index in [1.165, 1.54) is 6.33 Å². The third-order valence-electron chi connectivity index (χ3n) is 3.36. The van der Waals surface area contributed by atoms with Crippen molar-refractivity contribution in [2.45, 2.75) is 25.9 Å². The molecule has 0 saturated carbocycles. The molecule has 1 N–H and O–H groups in total. The minimum atomic E-state index is -0.117. The summed E-state index contributed by atoms with van der Waals surface area (Å²) in [6, 6.07) is 7.07. The Hall–Kier alpha value is -2.28. The Balaban J connectivity index is 1.63. The van der Waals surface area contributed by atoms with E-state index >= 15 is 0 Å². The van der Waals surface area contributed by atoms with Gasteiger partial charge in [0.25, 0.3) is 0 Å². The lowest BCUT2D eigenvalue weighted by Gasteiger charge is -2.21. The maximum absolute atomic E-state index is 12.1. The average molecular weight is 352 g/mol. The van der Waals surface area contributed by atoms with E-state index in [1.807, 2.05) is 19.1 Å². The van der Waals surface area contributed by atoms with E-state index in [4.69, 9.17) is 16.3 Å². The summed E-state index contributed by atoms with van der Waals surface area (Å²) >= 11 is 5.82. The predicted molar refractivity (Wildman–Crippen MR) is 92.2 cm³/mol. The van der Waals surface area contributed by atoms with Gasteiger partial charge in [0.15, 0.2) is 0 Å². The highest BCUT2D eigenvalue weighted by Crippen LogP contribution is 2.15. The normalized spacial score (nSPS) is 11.8. The van der Waals surface area contributed by atoms with Crippen LogP contribution in [0.4, 0.5) is 4.79 Å². The van der Waals surface area contributed by atoms with Gasteiger partial charge in [-0.3, -0.25) is 4.68 Å². The first-order chi connectivity index (χ1) is 11.5. The van der Waals surface area contributed by atoms with Crippen molar-refractivity contribution in [3.05, 3.63) is 41.9 Å².